The minimum atomic E-state index is 0.706. The van der Waals surface area contributed by atoms with E-state index in [9.17, 15) is 0 Å². The summed E-state index contributed by atoms with van der Waals surface area (Å²) in [6.07, 6.45) is 3.90. The maximum Gasteiger partial charge on any atom is 0.203 e. The molecule has 0 saturated heterocycles. The Balaban J connectivity index is 1.46. The summed E-state index contributed by atoms with van der Waals surface area (Å²) in [6, 6.07) is 18.4. The van der Waals surface area contributed by atoms with Gasteiger partial charge in [-0.3, -0.25) is 4.68 Å². The molecular weight excluding hydrogens is 330 g/mol. The topological polar surface area (TPSA) is 55.6 Å². The molecule has 0 aliphatic rings. The van der Waals surface area contributed by atoms with Crippen molar-refractivity contribution < 1.29 is 0 Å². The van der Waals surface area contributed by atoms with Crippen LogP contribution in [0.15, 0.2) is 67.0 Å². The van der Waals surface area contributed by atoms with Gasteiger partial charge in [0.1, 0.15) is 0 Å². The number of aryl methyl sites for hydroxylation is 1. The van der Waals surface area contributed by atoms with Gasteiger partial charge in [-0.05, 0) is 17.2 Å². The van der Waals surface area contributed by atoms with Gasteiger partial charge in [0.25, 0.3) is 0 Å². The van der Waals surface area contributed by atoms with Crippen molar-refractivity contribution in [3.05, 3.63) is 72.6 Å². The number of nitrogens with one attached hydrogen (secondary N) is 1. The smallest absolute Gasteiger partial charge is 0.203 e. The highest BCUT2D eigenvalue weighted by molar-refractivity contribution is 7.09. The second-order valence-electron chi connectivity index (χ2n) is 5.75. The van der Waals surface area contributed by atoms with Gasteiger partial charge in [0.2, 0.25) is 5.13 Å². The molecule has 0 amide bonds. The fraction of sp³-hybridized carbons (Fsp3) is 0.105. The molecular formula is C19H17N5S. The zero-order valence-corrected chi connectivity index (χ0v) is 14.6. The minimum absolute atomic E-state index is 0.706. The molecule has 5 nitrogen and oxygen atoms in total. The molecule has 1 N–H and O–H groups in total. The zero-order chi connectivity index (χ0) is 17.1. The van der Waals surface area contributed by atoms with E-state index in [1.165, 1.54) is 17.1 Å². The highest BCUT2D eigenvalue weighted by atomic mass is 32.1. The summed E-state index contributed by atoms with van der Waals surface area (Å²) in [7, 11) is 1.93. The van der Waals surface area contributed by atoms with Gasteiger partial charge in [0.15, 0.2) is 5.82 Å². The molecule has 4 aromatic rings. The average Bonchev–Trinajstić information content (AvgIpc) is 3.30. The SMILES string of the molecule is Cn1cc(-c2cccc(CNc3nc(-c4ccccc4)ns3)c2)cn1. The first kappa shape index (κ1) is 15.5. The fourth-order valence-electron chi connectivity index (χ4n) is 2.61. The molecule has 0 bridgehead atoms. The normalized spacial score (nSPS) is 10.8. The molecule has 0 unspecified atom stereocenters. The number of hydrogen-bond donors (Lipinski definition) is 1. The summed E-state index contributed by atoms with van der Waals surface area (Å²) in [5, 5.41) is 8.42. The Morgan fingerprint density at radius 3 is 2.64 bits per heavy atom. The summed E-state index contributed by atoms with van der Waals surface area (Å²) < 4.78 is 6.24. The number of hydrogen-bond acceptors (Lipinski definition) is 5. The molecule has 6 heteroatoms. The molecule has 2 aromatic carbocycles. The van der Waals surface area contributed by atoms with E-state index in [2.05, 4.69) is 44.0 Å². The van der Waals surface area contributed by atoms with Crippen LogP contribution in [0.25, 0.3) is 22.5 Å². The predicted octanol–water partition coefficient (Wildman–Crippen LogP) is 4.22. The number of anilines is 1. The van der Waals surface area contributed by atoms with Crippen LogP contribution >= 0.6 is 11.5 Å². The Hall–Kier alpha value is -2.99. The molecule has 0 saturated carbocycles. The minimum Gasteiger partial charge on any atom is -0.356 e. The lowest BCUT2D eigenvalue weighted by Gasteiger charge is -2.05. The third kappa shape index (κ3) is 3.59. The van der Waals surface area contributed by atoms with Gasteiger partial charge in [-0.25, -0.2) is 0 Å². The van der Waals surface area contributed by atoms with Crippen LogP contribution in [-0.4, -0.2) is 19.1 Å². The van der Waals surface area contributed by atoms with Crippen molar-refractivity contribution in [2.75, 3.05) is 5.32 Å². The third-order valence-corrected chi connectivity index (χ3v) is 4.54. The summed E-state index contributed by atoms with van der Waals surface area (Å²) in [5.41, 5.74) is 4.50. The van der Waals surface area contributed by atoms with Crippen molar-refractivity contribution in [3.63, 3.8) is 0 Å². The summed E-state index contributed by atoms with van der Waals surface area (Å²) in [4.78, 5) is 4.56. The van der Waals surface area contributed by atoms with Gasteiger partial charge < -0.3 is 5.32 Å². The fourth-order valence-corrected chi connectivity index (χ4v) is 3.19. The molecule has 0 radical (unpaired) electrons. The second-order valence-corrected chi connectivity index (χ2v) is 6.50. The maximum absolute atomic E-state index is 4.56. The summed E-state index contributed by atoms with van der Waals surface area (Å²) in [5.74, 6) is 0.761. The van der Waals surface area contributed by atoms with E-state index in [0.717, 1.165) is 27.6 Å². The van der Waals surface area contributed by atoms with Crippen LogP contribution in [0.5, 0.6) is 0 Å². The molecule has 124 valence electrons. The van der Waals surface area contributed by atoms with Crippen LogP contribution in [0.2, 0.25) is 0 Å². The zero-order valence-electron chi connectivity index (χ0n) is 13.8. The number of benzene rings is 2. The van der Waals surface area contributed by atoms with E-state index in [0.29, 0.717) is 6.54 Å². The first-order chi connectivity index (χ1) is 12.3. The van der Waals surface area contributed by atoms with Crippen molar-refractivity contribution in [1.82, 2.24) is 19.1 Å². The van der Waals surface area contributed by atoms with Crippen LogP contribution in [0.1, 0.15) is 5.56 Å². The Labute approximate surface area is 150 Å². The molecule has 0 aliphatic carbocycles. The lowest BCUT2D eigenvalue weighted by atomic mass is 10.1. The van der Waals surface area contributed by atoms with Gasteiger partial charge in [-0.1, -0.05) is 48.5 Å². The first-order valence-corrected chi connectivity index (χ1v) is 8.76. The Morgan fingerprint density at radius 2 is 1.84 bits per heavy atom. The van der Waals surface area contributed by atoms with E-state index >= 15 is 0 Å². The molecule has 0 fully saturated rings. The van der Waals surface area contributed by atoms with E-state index < -0.39 is 0 Å². The summed E-state index contributed by atoms with van der Waals surface area (Å²) >= 11 is 1.38. The number of aromatic nitrogens is 4. The highest BCUT2D eigenvalue weighted by Gasteiger charge is 2.06. The molecule has 0 spiro atoms. The maximum atomic E-state index is 4.56. The van der Waals surface area contributed by atoms with Crippen LogP contribution in [-0.2, 0) is 13.6 Å². The molecule has 2 heterocycles. The molecule has 2 aromatic heterocycles. The van der Waals surface area contributed by atoms with Gasteiger partial charge >= 0.3 is 0 Å². The Bertz CT molecular complexity index is 974. The quantitative estimate of drug-likeness (QED) is 0.587. The van der Waals surface area contributed by atoms with Gasteiger partial charge in [0.05, 0.1) is 6.20 Å². The number of rotatable bonds is 5. The van der Waals surface area contributed by atoms with Crippen molar-refractivity contribution in [2.24, 2.45) is 7.05 Å². The number of nitrogens with zero attached hydrogens (tertiary/aromatic N) is 4. The van der Waals surface area contributed by atoms with E-state index in [-0.39, 0.29) is 0 Å². The van der Waals surface area contributed by atoms with E-state index in [1.807, 2.05) is 54.5 Å². The van der Waals surface area contributed by atoms with Crippen molar-refractivity contribution in [1.29, 1.82) is 0 Å². The van der Waals surface area contributed by atoms with E-state index in [4.69, 9.17) is 0 Å². The van der Waals surface area contributed by atoms with Gasteiger partial charge in [-0.2, -0.15) is 14.5 Å². The average molecular weight is 347 g/mol. The van der Waals surface area contributed by atoms with Crippen LogP contribution < -0.4 is 5.32 Å². The predicted molar refractivity (Wildman–Crippen MR) is 101 cm³/mol. The van der Waals surface area contributed by atoms with Crippen molar-refractivity contribution >= 4 is 16.7 Å². The van der Waals surface area contributed by atoms with Crippen molar-refractivity contribution in [2.45, 2.75) is 6.54 Å². The standard InChI is InChI=1S/C19H17N5S/c1-24-13-17(12-21-24)16-9-5-6-14(10-16)11-20-19-22-18(23-25-19)15-7-3-2-4-8-15/h2-10,12-13H,11H2,1H3,(H,20,22,23). The van der Waals surface area contributed by atoms with E-state index in [1.54, 1.807) is 0 Å². The largest absolute Gasteiger partial charge is 0.356 e. The highest BCUT2D eigenvalue weighted by Crippen LogP contribution is 2.23. The third-order valence-electron chi connectivity index (χ3n) is 3.87. The molecule has 0 atom stereocenters. The molecule has 0 aliphatic heterocycles. The van der Waals surface area contributed by atoms with Gasteiger partial charge in [-0.15, -0.1) is 0 Å². The Kier molecular flexibility index (Phi) is 4.26. The second kappa shape index (κ2) is 6.86. The lowest BCUT2D eigenvalue weighted by Crippen LogP contribution is -1.99. The van der Waals surface area contributed by atoms with Gasteiger partial charge in [0, 0.05) is 42.4 Å². The first-order valence-electron chi connectivity index (χ1n) is 7.99. The summed E-state index contributed by atoms with van der Waals surface area (Å²) in [6.45, 7) is 0.706. The monoisotopic (exact) mass is 347 g/mol. The van der Waals surface area contributed by atoms with Crippen LogP contribution in [0.4, 0.5) is 5.13 Å². The molecule has 25 heavy (non-hydrogen) atoms. The van der Waals surface area contributed by atoms with Crippen LogP contribution in [0.3, 0.4) is 0 Å². The Morgan fingerprint density at radius 1 is 1.00 bits per heavy atom. The lowest BCUT2D eigenvalue weighted by molar-refractivity contribution is 0.768. The van der Waals surface area contributed by atoms with Crippen LogP contribution in [0, 0.1) is 0 Å². The van der Waals surface area contributed by atoms with Crippen molar-refractivity contribution in [3.8, 4) is 22.5 Å². The molecule has 4 rings (SSSR count).